The molecule has 0 aliphatic carbocycles. The van der Waals surface area contributed by atoms with Crippen LogP contribution in [0.1, 0.15) is 15.9 Å². The van der Waals surface area contributed by atoms with Crippen LogP contribution in [0.2, 0.25) is 0 Å². The normalized spacial score (nSPS) is 14.7. The predicted octanol–water partition coefficient (Wildman–Crippen LogP) is 3.84. The second kappa shape index (κ2) is 8.37. The number of carbonyl (C=O) groups excluding carboxylic acids is 2. The molecule has 11 heteroatoms. The number of sulfone groups is 1. The van der Waals surface area contributed by atoms with Crippen LogP contribution in [0.15, 0.2) is 81.6 Å². The lowest BCUT2D eigenvalue weighted by Crippen LogP contribution is -2.28. The van der Waals surface area contributed by atoms with E-state index in [0.29, 0.717) is 35.3 Å². The number of hydrogen-bond acceptors (Lipinski definition) is 6. The van der Waals surface area contributed by atoms with Gasteiger partial charge in [-0.15, -0.1) is 0 Å². The number of amides is 3. The van der Waals surface area contributed by atoms with Gasteiger partial charge in [-0.25, -0.2) is 13.2 Å². The van der Waals surface area contributed by atoms with Crippen molar-refractivity contribution in [1.82, 2.24) is 0 Å². The highest BCUT2D eigenvalue weighted by Gasteiger charge is 2.34. The second-order valence-corrected chi connectivity index (χ2v) is 9.67. The lowest BCUT2D eigenvalue weighted by atomic mass is 9.97. The van der Waals surface area contributed by atoms with Gasteiger partial charge in [0.05, 0.1) is 16.0 Å². The maximum absolute atomic E-state index is 13.4. The third kappa shape index (κ3) is 3.81. The molecule has 2 aliphatic rings. The second-order valence-electron chi connectivity index (χ2n) is 7.81. The van der Waals surface area contributed by atoms with Crippen LogP contribution in [0.3, 0.4) is 0 Å². The van der Waals surface area contributed by atoms with Crippen molar-refractivity contribution < 1.29 is 22.9 Å². The molecule has 3 aromatic carbocycles. The highest BCUT2D eigenvalue weighted by molar-refractivity contribution is 8.08. The van der Waals surface area contributed by atoms with Gasteiger partial charge in [-0.1, -0.05) is 30.3 Å². The van der Waals surface area contributed by atoms with E-state index in [2.05, 4.69) is 9.98 Å². The number of nitro benzene ring substituents is 1. The molecule has 174 valence electrons. The standard InChI is InChI=1S/C24H16N4O6S/c29-23(16-6-8-17(9-7-16)28(31)32)27-13-12-18-19(27)10-11-20(22(18)15-4-2-1-3-5-15)35(33,34)21-14-25-24(30)26-21/h1-11,14H,12-13H2. The van der Waals surface area contributed by atoms with Gasteiger partial charge in [-0.3, -0.25) is 14.9 Å². The number of anilines is 1. The molecule has 0 N–H and O–H groups in total. The highest BCUT2D eigenvalue weighted by Crippen LogP contribution is 2.41. The molecule has 0 saturated heterocycles. The Morgan fingerprint density at radius 3 is 2.34 bits per heavy atom. The lowest BCUT2D eigenvalue weighted by molar-refractivity contribution is -0.384. The first-order valence-electron chi connectivity index (χ1n) is 10.5. The Balaban J connectivity index is 1.63. The maximum Gasteiger partial charge on any atom is 0.368 e. The Morgan fingerprint density at radius 2 is 1.71 bits per heavy atom. The van der Waals surface area contributed by atoms with Crippen molar-refractivity contribution in [3.05, 3.63) is 88.0 Å². The number of urea groups is 1. The van der Waals surface area contributed by atoms with Crippen LogP contribution in [0.4, 0.5) is 16.2 Å². The molecule has 10 nitrogen and oxygen atoms in total. The van der Waals surface area contributed by atoms with Crippen molar-refractivity contribution in [3.8, 4) is 11.1 Å². The number of aliphatic imine (C=N–C) groups is 2. The van der Waals surface area contributed by atoms with Crippen molar-refractivity contribution in [2.24, 2.45) is 9.98 Å². The first-order valence-corrected chi connectivity index (χ1v) is 11.9. The molecular formula is C24H16N4O6S. The zero-order valence-electron chi connectivity index (χ0n) is 18.0. The summed E-state index contributed by atoms with van der Waals surface area (Å²) in [5.41, 5.74) is 2.42. The fourth-order valence-electron chi connectivity index (χ4n) is 4.21. The fourth-order valence-corrected chi connectivity index (χ4v) is 5.58. The van der Waals surface area contributed by atoms with E-state index in [1.54, 1.807) is 36.4 Å². The van der Waals surface area contributed by atoms with Crippen LogP contribution in [0.25, 0.3) is 11.1 Å². The number of fused-ring (bicyclic) bond motifs is 1. The summed E-state index contributed by atoms with van der Waals surface area (Å²) in [5.74, 6) is -0.355. The molecule has 5 rings (SSSR count). The zero-order valence-corrected chi connectivity index (χ0v) is 18.8. The average Bonchev–Trinajstić information content (AvgIpc) is 3.50. The van der Waals surface area contributed by atoms with E-state index in [4.69, 9.17) is 0 Å². The smallest absolute Gasteiger partial charge is 0.308 e. The van der Waals surface area contributed by atoms with Gasteiger partial charge in [-0.2, -0.15) is 9.98 Å². The summed E-state index contributed by atoms with van der Waals surface area (Å²) in [6.07, 6.45) is 1.32. The Hall–Kier alpha value is -4.51. The van der Waals surface area contributed by atoms with Crippen LogP contribution >= 0.6 is 0 Å². The first-order chi connectivity index (χ1) is 16.8. The molecule has 0 aromatic heterocycles. The van der Waals surface area contributed by atoms with Crippen LogP contribution in [-0.4, -0.2) is 43.1 Å². The van der Waals surface area contributed by atoms with Crippen LogP contribution in [0.5, 0.6) is 0 Å². The molecule has 0 saturated carbocycles. The van der Waals surface area contributed by atoms with Crippen molar-refractivity contribution in [2.45, 2.75) is 11.3 Å². The van der Waals surface area contributed by atoms with Crippen molar-refractivity contribution in [3.63, 3.8) is 0 Å². The van der Waals surface area contributed by atoms with Gasteiger partial charge in [0.15, 0.2) is 5.04 Å². The van der Waals surface area contributed by atoms with Crippen LogP contribution in [0, 0.1) is 10.1 Å². The molecule has 0 spiro atoms. The summed E-state index contributed by atoms with van der Waals surface area (Å²) < 4.78 is 26.8. The molecule has 2 aliphatic heterocycles. The Labute approximate surface area is 199 Å². The number of non-ortho nitro benzene ring substituents is 1. The number of hydrogen-bond donors (Lipinski definition) is 0. The number of nitrogens with zero attached hydrogens (tertiary/aromatic N) is 4. The molecule has 0 unspecified atom stereocenters. The van der Waals surface area contributed by atoms with Gasteiger partial charge in [-0.05, 0) is 41.8 Å². The third-order valence-electron chi connectivity index (χ3n) is 5.81. The summed E-state index contributed by atoms with van der Waals surface area (Å²) >= 11 is 0. The molecule has 0 bridgehead atoms. The average molecular weight is 488 g/mol. The van der Waals surface area contributed by atoms with Gasteiger partial charge < -0.3 is 4.90 Å². The molecule has 3 amide bonds. The lowest BCUT2D eigenvalue weighted by Gasteiger charge is -2.20. The SMILES string of the molecule is O=C1N=CC(S(=O)(=O)c2ccc3c(c2-c2ccccc2)CCN3C(=O)c2ccc([N+](=O)[O-])cc2)=N1. The minimum absolute atomic E-state index is 0.0352. The molecule has 0 atom stereocenters. The summed E-state index contributed by atoms with van der Waals surface area (Å²) in [4.78, 5) is 43.5. The first kappa shape index (κ1) is 22.3. The molecule has 0 radical (unpaired) electrons. The van der Waals surface area contributed by atoms with E-state index < -0.39 is 25.8 Å². The third-order valence-corrected chi connectivity index (χ3v) is 7.48. The van der Waals surface area contributed by atoms with Crippen molar-refractivity contribution >= 4 is 44.4 Å². The van der Waals surface area contributed by atoms with E-state index in [0.717, 1.165) is 6.21 Å². The van der Waals surface area contributed by atoms with Crippen LogP contribution in [-0.2, 0) is 16.3 Å². The molecular weight excluding hydrogens is 472 g/mol. The predicted molar refractivity (Wildman–Crippen MR) is 129 cm³/mol. The Morgan fingerprint density at radius 1 is 1.00 bits per heavy atom. The summed E-state index contributed by atoms with van der Waals surface area (Å²) in [5, 5.41) is 10.5. The van der Waals surface area contributed by atoms with E-state index in [9.17, 15) is 28.1 Å². The number of nitro groups is 1. The summed E-state index contributed by atoms with van der Waals surface area (Å²) in [6, 6.07) is 16.3. The van der Waals surface area contributed by atoms with Crippen molar-refractivity contribution in [2.75, 3.05) is 11.4 Å². The van der Waals surface area contributed by atoms with E-state index in [-0.39, 0.29) is 22.1 Å². The zero-order chi connectivity index (χ0) is 24.7. The summed E-state index contributed by atoms with van der Waals surface area (Å²) in [6.45, 7) is 0.301. The minimum Gasteiger partial charge on any atom is -0.308 e. The number of benzene rings is 3. The Bertz CT molecular complexity index is 1560. The topological polar surface area (TPSA) is 139 Å². The molecule has 35 heavy (non-hydrogen) atoms. The van der Waals surface area contributed by atoms with Gasteiger partial charge >= 0.3 is 6.03 Å². The van der Waals surface area contributed by atoms with Crippen LogP contribution < -0.4 is 4.90 Å². The monoisotopic (exact) mass is 488 g/mol. The van der Waals surface area contributed by atoms with Gasteiger partial charge in [0, 0.05) is 35.5 Å². The Kier molecular flexibility index (Phi) is 5.33. The van der Waals surface area contributed by atoms with E-state index >= 15 is 0 Å². The minimum atomic E-state index is -4.16. The van der Waals surface area contributed by atoms with Crippen molar-refractivity contribution in [1.29, 1.82) is 0 Å². The van der Waals surface area contributed by atoms with E-state index in [1.165, 1.54) is 35.2 Å². The fraction of sp³-hybridized carbons (Fsp3) is 0.0833. The molecule has 2 heterocycles. The number of rotatable bonds is 4. The van der Waals surface area contributed by atoms with E-state index in [1.807, 2.05) is 0 Å². The van der Waals surface area contributed by atoms with Gasteiger partial charge in [0.25, 0.3) is 11.6 Å². The van der Waals surface area contributed by atoms with Gasteiger partial charge in [0.1, 0.15) is 0 Å². The number of carbonyl (C=O) groups is 2. The maximum atomic E-state index is 13.4. The van der Waals surface area contributed by atoms with Gasteiger partial charge in [0.2, 0.25) is 9.84 Å². The largest absolute Gasteiger partial charge is 0.368 e. The summed E-state index contributed by atoms with van der Waals surface area (Å²) in [7, 11) is -4.16. The molecule has 3 aromatic rings. The quantitative estimate of drug-likeness (QED) is 0.404. The molecule has 0 fully saturated rings. The highest BCUT2D eigenvalue weighted by atomic mass is 32.2.